The van der Waals surface area contributed by atoms with Crippen molar-refractivity contribution in [1.82, 2.24) is 5.32 Å². The third kappa shape index (κ3) is 2.81. The van der Waals surface area contributed by atoms with Crippen LogP contribution in [0.1, 0.15) is 22.0 Å². The average molecular weight is 375 g/mol. The van der Waals surface area contributed by atoms with Gasteiger partial charge in [-0.3, -0.25) is 0 Å². The molecule has 0 radical (unpaired) electrons. The molecule has 1 heterocycles. The van der Waals surface area contributed by atoms with Gasteiger partial charge in [-0.05, 0) is 58.5 Å². The molecule has 1 atom stereocenters. The summed E-state index contributed by atoms with van der Waals surface area (Å²) in [6.07, 6.45) is 0. The summed E-state index contributed by atoms with van der Waals surface area (Å²) < 4.78 is 2.31. The van der Waals surface area contributed by atoms with Crippen LogP contribution in [0.5, 0.6) is 0 Å². The predicted octanol–water partition coefficient (Wildman–Crippen LogP) is 4.89. The molecule has 0 aliphatic heterocycles. The third-order valence-corrected chi connectivity index (χ3v) is 5.29. The molecule has 1 nitrogen and oxygen atoms in total. The summed E-state index contributed by atoms with van der Waals surface area (Å²) in [5.74, 6) is 0. The molecule has 0 aliphatic rings. The number of nitrogens with one attached hydrogen (secondary N) is 1. The van der Waals surface area contributed by atoms with Crippen molar-refractivity contribution in [1.29, 1.82) is 0 Å². The maximum atomic E-state index is 3.65. The summed E-state index contributed by atoms with van der Waals surface area (Å²) in [6, 6.07) is 8.78. The Balaban J connectivity index is 2.46. The van der Waals surface area contributed by atoms with Crippen molar-refractivity contribution in [3.8, 4) is 0 Å². The van der Waals surface area contributed by atoms with Gasteiger partial charge in [0, 0.05) is 13.8 Å². The third-order valence-electron chi connectivity index (χ3n) is 2.66. The van der Waals surface area contributed by atoms with Crippen LogP contribution in [0.3, 0.4) is 0 Å². The van der Waals surface area contributed by atoms with E-state index in [2.05, 4.69) is 73.7 Å². The fraction of sp³-hybridized carbons (Fsp3) is 0.231. The lowest BCUT2D eigenvalue weighted by atomic mass is 10.0. The van der Waals surface area contributed by atoms with Gasteiger partial charge in [0.1, 0.15) is 0 Å². The summed E-state index contributed by atoms with van der Waals surface area (Å²) in [5, 5.41) is 5.48. The second-order valence-electron chi connectivity index (χ2n) is 3.88. The Labute approximate surface area is 123 Å². The van der Waals surface area contributed by atoms with Crippen molar-refractivity contribution >= 4 is 43.2 Å². The van der Waals surface area contributed by atoms with Crippen LogP contribution in [-0.2, 0) is 0 Å². The summed E-state index contributed by atoms with van der Waals surface area (Å²) in [5.41, 5.74) is 2.53. The summed E-state index contributed by atoms with van der Waals surface area (Å²) >= 11 is 9.01. The van der Waals surface area contributed by atoms with Gasteiger partial charge >= 0.3 is 0 Å². The first-order valence-corrected chi connectivity index (χ1v) is 7.76. The van der Waals surface area contributed by atoms with E-state index in [1.165, 1.54) is 16.0 Å². The maximum Gasteiger partial charge on any atom is 0.0691 e. The van der Waals surface area contributed by atoms with Crippen molar-refractivity contribution in [2.45, 2.75) is 13.0 Å². The molecule has 1 unspecified atom stereocenters. The number of aryl methyl sites for hydroxylation is 1. The summed E-state index contributed by atoms with van der Waals surface area (Å²) in [7, 11) is 1.99. The Kier molecular flexibility index (Phi) is 4.42. The Bertz CT molecular complexity index is 522. The van der Waals surface area contributed by atoms with Gasteiger partial charge in [0.2, 0.25) is 0 Å². The van der Waals surface area contributed by atoms with Crippen LogP contribution in [-0.4, -0.2) is 7.05 Å². The fourth-order valence-corrected chi connectivity index (χ4v) is 4.26. The average Bonchev–Trinajstić information content (AvgIpc) is 2.69. The molecule has 0 spiro atoms. The molecule has 17 heavy (non-hydrogen) atoms. The van der Waals surface area contributed by atoms with Gasteiger partial charge in [0.15, 0.2) is 0 Å². The molecular formula is C13H13Br2NS. The zero-order valence-electron chi connectivity index (χ0n) is 9.63. The monoisotopic (exact) mass is 373 g/mol. The smallest absolute Gasteiger partial charge is 0.0691 e. The molecule has 0 fully saturated rings. The predicted molar refractivity (Wildman–Crippen MR) is 81.8 cm³/mol. The highest BCUT2D eigenvalue weighted by atomic mass is 79.9. The molecule has 90 valence electrons. The Morgan fingerprint density at radius 2 is 1.94 bits per heavy atom. The first-order chi connectivity index (χ1) is 8.13. The molecule has 1 N–H and O–H groups in total. The molecule has 0 bridgehead atoms. The van der Waals surface area contributed by atoms with Crippen LogP contribution in [0.15, 0.2) is 38.6 Å². The van der Waals surface area contributed by atoms with Crippen molar-refractivity contribution in [2.24, 2.45) is 0 Å². The van der Waals surface area contributed by atoms with Gasteiger partial charge in [-0.2, -0.15) is 0 Å². The van der Waals surface area contributed by atoms with Gasteiger partial charge in [0.05, 0.1) is 6.04 Å². The van der Waals surface area contributed by atoms with E-state index >= 15 is 0 Å². The minimum atomic E-state index is 0.222. The van der Waals surface area contributed by atoms with E-state index in [0.717, 1.165) is 8.95 Å². The zero-order chi connectivity index (χ0) is 12.4. The van der Waals surface area contributed by atoms with Crippen molar-refractivity contribution < 1.29 is 0 Å². The van der Waals surface area contributed by atoms with E-state index in [0.29, 0.717) is 0 Å². The minimum absolute atomic E-state index is 0.222. The largest absolute Gasteiger partial charge is 0.309 e. The van der Waals surface area contributed by atoms with Crippen LogP contribution in [0.2, 0.25) is 0 Å². The van der Waals surface area contributed by atoms with Gasteiger partial charge in [-0.15, -0.1) is 11.3 Å². The maximum absolute atomic E-state index is 3.65. The molecule has 4 heteroatoms. The Hall–Kier alpha value is -0.160. The van der Waals surface area contributed by atoms with Gasteiger partial charge < -0.3 is 5.32 Å². The molecule has 2 rings (SSSR count). The van der Waals surface area contributed by atoms with E-state index in [9.17, 15) is 0 Å². The van der Waals surface area contributed by atoms with Crippen molar-refractivity contribution in [3.05, 3.63) is 54.6 Å². The normalized spacial score (nSPS) is 12.7. The molecule has 1 aromatic heterocycles. The molecule has 0 saturated heterocycles. The lowest BCUT2D eigenvalue weighted by Crippen LogP contribution is -2.17. The molecule has 2 aromatic rings. The van der Waals surface area contributed by atoms with Crippen LogP contribution in [0, 0.1) is 6.92 Å². The molecular weight excluding hydrogens is 362 g/mol. The zero-order valence-corrected chi connectivity index (χ0v) is 13.6. The standard InChI is InChI=1S/C13H13Br2NS/c1-8-3-4-9(11(15)7-8)12(16-2)13-10(14)5-6-17-13/h3-7,12,16H,1-2H3. The second kappa shape index (κ2) is 5.65. The highest BCUT2D eigenvalue weighted by Crippen LogP contribution is 2.36. The van der Waals surface area contributed by atoms with Crippen LogP contribution >= 0.6 is 43.2 Å². The lowest BCUT2D eigenvalue weighted by molar-refractivity contribution is 0.698. The highest BCUT2D eigenvalue weighted by Gasteiger charge is 2.18. The van der Waals surface area contributed by atoms with E-state index in [4.69, 9.17) is 0 Å². The summed E-state index contributed by atoms with van der Waals surface area (Å²) in [4.78, 5) is 1.30. The van der Waals surface area contributed by atoms with E-state index in [1.807, 2.05) is 7.05 Å². The van der Waals surface area contributed by atoms with Gasteiger partial charge in [-0.25, -0.2) is 0 Å². The van der Waals surface area contributed by atoms with Crippen molar-refractivity contribution in [3.63, 3.8) is 0 Å². The molecule has 0 aliphatic carbocycles. The lowest BCUT2D eigenvalue weighted by Gasteiger charge is -2.18. The number of hydrogen-bond donors (Lipinski definition) is 1. The SMILES string of the molecule is CNC(c1ccc(C)cc1Br)c1sccc1Br. The first-order valence-electron chi connectivity index (χ1n) is 5.29. The Morgan fingerprint density at radius 1 is 1.18 bits per heavy atom. The van der Waals surface area contributed by atoms with E-state index < -0.39 is 0 Å². The van der Waals surface area contributed by atoms with Crippen LogP contribution in [0.4, 0.5) is 0 Å². The van der Waals surface area contributed by atoms with Crippen molar-refractivity contribution in [2.75, 3.05) is 7.05 Å². The molecule has 1 aromatic carbocycles. The van der Waals surface area contributed by atoms with E-state index in [-0.39, 0.29) is 6.04 Å². The molecule has 0 amide bonds. The van der Waals surface area contributed by atoms with Crippen LogP contribution in [0.25, 0.3) is 0 Å². The van der Waals surface area contributed by atoms with Crippen LogP contribution < -0.4 is 5.32 Å². The first kappa shape index (κ1) is 13.3. The Morgan fingerprint density at radius 3 is 2.47 bits per heavy atom. The number of hydrogen-bond acceptors (Lipinski definition) is 2. The number of rotatable bonds is 3. The molecule has 0 saturated carbocycles. The highest BCUT2D eigenvalue weighted by molar-refractivity contribution is 9.10. The van der Waals surface area contributed by atoms with Gasteiger partial charge in [0.25, 0.3) is 0 Å². The number of halogens is 2. The van der Waals surface area contributed by atoms with E-state index in [1.54, 1.807) is 11.3 Å². The minimum Gasteiger partial charge on any atom is -0.309 e. The fourth-order valence-electron chi connectivity index (χ4n) is 1.81. The topological polar surface area (TPSA) is 12.0 Å². The second-order valence-corrected chi connectivity index (χ2v) is 6.54. The summed E-state index contributed by atoms with van der Waals surface area (Å²) in [6.45, 7) is 2.10. The number of benzene rings is 1. The quantitative estimate of drug-likeness (QED) is 0.806. The number of thiophene rings is 1. The van der Waals surface area contributed by atoms with Gasteiger partial charge in [-0.1, -0.05) is 28.1 Å².